The second kappa shape index (κ2) is 9.62. The summed E-state index contributed by atoms with van der Waals surface area (Å²) in [5, 5.41) is 15.5. The fourth-order valence-corrected chi connectivity index (χ4v) is 2.39. The van der Waals surface area contributed by atoms with Gasteiger partial charge in [-0.3, -0.25) is 19.7 Å². The van der Waals surface area contributed by atoms with Gasteiger partial charge in [-0.05, 0) is 24.3 Å². The van der Waals surface area contributed by atoms with Crippen molar-refractivity contribution in [3.05, 3.63) is 52.3 Å². The van der Waals surface area contributed by atoms with Crippen LogP contribution in [0.3, 0.4) is 0 Å². The number of hydrazone groups is 1. The van der Waals surface area contributed by atoms with Gasteiger partial charge >= 0.3 is 12.0 Å². The van der Waals surface area contributed by atoms with Crippen molar-refractivity contribution in [1.82, 2.24) is 9.91 Å². The number of esters is 1. The van der Waals surface area contributed by atoms with Crippen LogP contribution < -0.4 is 5.73 Å². The number of furan rings is 1. The Bertz CT molecular complexity index is 989. The van der Waals surface area contributed by atoms with Gasteiger partial charge in [0.25, 0.3) is 11.6 Å². The number of halogens is 1. The maximum absolute atomic E-state index is 12.2. The van der Waals surface area contributed by atoms with Crippen LogP contribution >= 0.6 is 12.4 Å². The van der Waals surface area contributed by atoms with E-state index in [1.807, 2.05) is 0 Å². The Kier molecular flexibility index (Phi) is 7.22. The van der Waals surface area contributed by atoms with E-state index in [4.69, 9.17) is 10.2 Å². The number of amides is 3. The number of nitrogens with zero attached hydrogens (tertiary/aromatic N) is 4. The summed E-state index contributed by atoms with van der Waals surface area (Å²) in [6.45, 7) is -1.22. The molecule has 3 amide bonds. The van der Waals surface area contributed by atoms with Crippen LogP contribution in [0.15, 0.2) is 45.9 Å². The van der Waals surface area contributed by atoms with Crippen LogP contribution in [0.1, 0.15) is 5.76 Å². The molecule has 1 fully saturated rings. The van der Waals surface area contributed by atoms with E-state index in [0.717, 1.165) is 9.91 Å². The number of non-ortho nitro benzene ring substituents is 1. The zero-order valence-corrected chi connectivity index (χ0v) is 16.1. The minimum Gasteiger partial charge on any atom is -0.455 e. The predicted molar refractivity (Wildman–Crippen MR) is 105 cm³/mol. The summed E-state index contributed by atoms with van der Waals surface area (Å²) in [6.07, 6.45) is 1.25. The van der Waals surface area contributed by atoms with Crippen LogP contribution in [0.4, 0.5) is 10.5 Å². The highest BCUT2D eigenvalue weighted by atomic mass is 35.5. The Labute approximate surface area is 175 Å². The maximum atomic E-state index is 12.2. The van der Waals surface area contributed by atoms with Crippen molar-refractivity contribution in [3.8, 4) is 11.3 Å². The van der Waals surface area contributed by atoms with Crippen LogP contribution in [0.25, 0.3) is 11.3 Å². The first-order valence-electron chi connectivity index (χ1n) is 8.25. The molecule has 1 aliphatic rings. The summed E-state index contributed by atoms with van der Waals surface area (Å²) in [4.78, 5) is 46.0. The molecule has 1 saturated heterocycles. The Morgan fingerprint density at radius 3 is 2.60 bits per heavy atom. The molecule has 0 radical (unpaired) electrons. The smallest absolute Gasteiger partial charge is 0.350 e. The lowest BCUT2D eigenvalue weighted by molar-refractivity contribution is -0.384. The molecule has 0 aliphatic carbocycles. The first-order valence-corrected chi connectivity index (χ1v) is 8.25. The van der Waals surface area contributed by atoms with Gasteiger partial charge in [-0.25, -0.2) is 14.7 Å². The zero-order valence-electron chi connectivity index (χ0n) is 15.3. The van der Waals surface area contributed by atoms with Gasteiger partial charge in [0.1, 0.15) is 18.1 Å². The summed E-state index contributed by atoms with van der Waals surface area (Å²) in [5.74, 6) is -0.586. The van der Waals surface area contributed by atoms with Crippen molar-refractivity contribution in [2.24, 2.45) is 10.8 Å². The monoisotopic (exact) mass is 437 g/mol. The molecule has 2 N–H and O–H groups in total. The number of nitro benzene ring substituents is 1. The number of ether oxygens (including phenoxy) is 1. The van der Waals surface area contributed by atoms with Crippen molar-refractivity contribution in [2.45, 2.75) is 0 Å². The molecule has 0 saturated carbocycles. The molecule has 1 aliphatic heterocycles. The largest absolute Gasteiger partial charge is 0.455 e. The lowest BCUT2D eigenvalue weighted by atomic mass is 10.1. The van der Waals surface area contributed by atoms with E-state index < -0.39 is 29.6 Å². The fourth-order valence-electron chi connectivity index (χ4n) is 2.39. The summed E-state index contributed by atoms with van der Waals surface area (Å²) in [5.41, 5.74) is 5.67. The number of benzene rings is 1. The van der Waals surface area contributed by atoms with Gasteiger partial charge in [0.15, 0.2) is 6.73 Å². The Hall–Kier alpha value is -3.77. The highest BCUT2D eigenvalue weighted by Gasteiger charge is 2.36. The van der Waals surface area contributed by atoms with E-state index in [0.29, 0.717) is 17.1 Å². The normalized spacial score (nSPS) is 13.6. The molecule has 13 heteroatoms. The van der Waals surface area contributed by atoms with Crippen molar-refractivity contribution < 1.29 is 28.5 Å². The highest BCUT2D eigenvalue weighted by molar-refractivity contribution is 6.02. The number of hydrogen-bond acceptors (Lipinski definition) is 9. The molecule has 158 valence electrons. The number of carbonyl (C=O) groups excluding carboxylic acids is 3. The predicted octanol–water partition coefficient (Wildman–Crippen LogP) is 1.33. The molecular formula is C17H16ClN5O7. The molecule has 2 heterocycles. The fraction of sp³-hybridized carbons (Fsp3) is 0.176. The third-order valence-corrected chi connectivity index (χ3v) is 3.87. The van der Waals surface area contributed by atoms with Crippen molar-refractivity contribution >= 4 is 42.2 Å². The summed E-state index contributed by atoms with van der Waals surface area (Å²) in [7, 11) is 0. The molecule has 12 nitrogen and oxygen atoms in total. The second-order valence-electron chi connectivity index (χ2n) is 5.76. The SMILES string of the molecule is Cl.NCC(=O)OCN1C(=O)CN(/N=C/c2ccc(-c3ccc([N+](=O)[O-])cc3)o2)C1=O. The average Bonchev–Trinajstić information content (AvgIpc) is 3.29. The van der Waals surface area contributed by atoms with E-state index in [9.17, 15) is 24.5 Å². The van der Waals surface area contributed by atoms with Gasteiger partial charge in [0.2, 0.25) is 0 Å². The molecule has 3 rings (SSSR count). The molecule has 0 unspecified atom stereocenters. The third kappa shape index (κ3) is 4.98. The summed E-state index contributed by atoms with van der Waals surface area (Å²) < 4.78 is 10.3. The minimum atomic E-state index is -0.752. The van der Waals surface area contributed by atoms with Gasteiger partial charge in [-0.2, -0.15) is 5.10 Å². The maximum Gasteiger partial charge on any atom is 0.350 e. The number of carbonyl (C=O) groups is 3. The molecule has 30 heavy (non-hydrogen) atoms. The average molecular weight is 438 g/mol. The molecule has 1 aromatic heterocycles. The number of nitrogens with two attached hydrogens (primary N) is 1. The van der Waals surface area contributed by atoms with E-state index in [1.165, 1.54) is 18.3 Å². The van der Waals surface area contributed by atoms with Gasteiger partial charge < -0.3 is 14.9 Å². The topological polar surface area (TPSA) is 162 Å². The summed E-state index contributed by atoms with van der Waals surface area (Å²) >= 11 is 0. The summed E-state index contributed by atoms with van der Waals surface area (Å²) in [6, 6.07) is 8.26. The molecule has 2 aromatic rings. The number of hydrogen-bond donors (Lipinski definition) is 1. The van der Waals surface area contributed by atoms with E-state index in [1.54, 1.807) is 24.3 Å². The van der Waals surface area contributed by atoms with Gasteiger partial charge in [-0.15, -0.1) is 12.4 Å². The third-order valence-electron chi connectivity index (χ3n) is 3.87. The molecule has 0 spiro atoms. The van der Waals surface area contributed by atoms with Gasteiger partial charge in [0.05, 0.1) is 17.7 Å². The zero-order chi connectivity index (χ0) is 21.0. The quantitative estimate of drug-likeness (QED) is 0.223. The van der Waals surface area contributed by atoms with E-state index >= 15 is 0 Å². The van der Waals surface area contributed by atoms with E-state index in [2.05, 4.69) is 9.84 Å². The van der Waals surface area contributed by atoms with Crippen LogP contribution in [0.2, 0.25) is 0 Å². The number of urea groups is 1. The van der Waals surface area contributed by atoms with Crippen molar-refractivity contribution in [1.29, 1.82) is 0 Å². The van der Waals surface area contributed by atoms with Crippen LogP contribution in [-0.4, -0.2) is 58.8 Å². The van der Waals surface area contributed by atoms with Gasteiger partial charge in [0, 0.05) is 17.7 Å². The van der Waals surface area contributed by atoms with Crippen LogP contribution in [0.5, 0.6) is 0 Å². The number of nitro groups is 1. The van der Waals surface area contributed by atoms with Crippen LogP contribution in [-0.2, 0) is 14.3 Å². The molecule has 0 atom stereocenters. The van der Waals surface area contributed by atoms with E-state index in [-0.39, 0.29) is 31.2 Å². The molecule has 0 bridgehead atoms. The van der Waals surface area contributed by atoms with Crippen molar-refractivity contribution in [3.63, 3.8) is 0 Å². The van der Waals surface area contributed by atoms with Gasteiger partial charge in [-0.1, -0.05) is 0 Å². The Balaban J connectivity index is 0.00000320. The minimum absolute atomic E-state index is 0. The second-order valence-corrected chi connectivity index (χ2v) is 5.76. The first-order chi connectivity index (χ1) is 13.9. The van der Waals surface area contributed by atoms with Crippen molar-refractivity contribution in [2.75, 3.05) is 19.8 Å². The number of imide groups is 1. The first kappa shape index (κ1) is 22.5. The number of rotatable bonds is 7. The van der Waals surface area contributed by atoms with Crippen LogP contribution in [0, 0.1) is 10.1 Å². The lowest BCUT2D eigenvalue weighted by Gasteiger charge is -2.13. The Morgan fingerprint density at radius 1 is 1.27 bits per heavy atom. The standard InChI is InChI=1S/C17H15N5O7.ClH/c18-7-16(24)28-10-20-15(23)9-21(17(20)25)19-8-13-5-6-14(29-13)11-1-3-12(4-2-11)22(26)27;/h1-6,8H,7,9-10,18H2;1H/b19-8+;. The Morgan fingerprint density at radius 2 is 1.97 bits per heavy atom. The molecular weight excluding hydrogens is 422 g/mol. The lowest BCUT2D eigenvalue weighted by Crippen LogP contribution is -2.35. The highest BCUT2D eigenvalue weighted by Crippen LogP contribution is 2.24. The molecule has 1 aromatic carbocycles.